The van der Waals surface area contributed by atoms with E-state index < -0.39 is 17.6 Å². The summed E-state index contributed by atoms with van der Waals surface area (Å²) in [4.78, 5) is 0. The van der Waals surface area contributed by atoms with Gasteiger partial charge in [-0.3, -0.25) is 0 Å². The van der Waals surface area contributed by atoms with Crippen molar-refractivity contribution in [2.75, 3.05) is 6.54 Å². The van der Waals surface area contributed by atoms with Crippen LogP contribution in [-0.4, -0.2) is 17.8 Å². The largest absolute Gasteiger partial charge is 0.416 e. The number of hydrogen-bond acceptors (Lipinski definition) is 2. The summed E-state index contributed by atoms with van der Waals surface area (Å²) in [5, 5.41) is 12.0. The van der Waals surface area contributed by atoms with Crippen LogP contribution in [0.15, 0.2) is 18.2 Å². The lowest BCUT2D eigenvalue weighted by Crippen LogP contribution is -2.36. The molecule has 1 fully saturated rings. The Kier molecular flexibility index (Phi) is 4.10. The van der Waals surface area contributed by atoms with Crippen LogP contribution in [0.5, 0.6) is 0 Å². The Bertz CT molecular complexity index is 441. The van der Waals surface area contributed by atoms with Gasteiger partial charge < -0.3 is 10.4 Å². The monoisotopic (exact) mass is 277 g/mol. The topological polar surface area (TPSA) is 32.3 Å². The van der Waals surface area contributed by atoms with E-state index in [1.807, 2.05) is 0 Å². The van der Waals surface area contributed by atoms with E-state index in [1.54, 1.807) is 0 Å². The van der Waals surface area contributed by atoms with Crippen molar-refractivity contribution in [3.63, 3.8) is 0 Å². The molecule has 0 saturated heterocycles. The first-order valence-corrected chi connectivity index (χ1v) is 6.10. The normalized spacial score (nSPS) is 23.2. The van der Waals surface area contributed by atoms with Gasteiger partial charge in [0.25, 0.3) is 0 Å². The first kappa shape index (κ1) is 14.3. The Morgan fingerprint density at radius 2 is 1.95 bits per heavy atom. The van der Waals surface area contributed by atoms with Crippen LogP contribution in [0.1, 0.15) is 24.0 Å². The van der Waals surface area contributed by atoms with Crippen molar-refractivity contribution in [1.29, 1.82) is 0 Å². The minimum Gasteiger partial charge on any atom is -0.393 e. The molecule has 0 radical (unpaired) electrons. The van der Waals surface area contributed by atoms with Crippen molar-refractivity contribution in [1.82, 2.24) is 5.32 Å². The van der Waals surface area contributed by atoms with Crippen molar-refractivity contribution in [2.45, 2.75) is 31.7 Å². The van der Waals surface area contributed by atoms with Gasteiger partial charge in [-0.2, -0.15) is 13.2 Å². The molecule has 0 heterocycles. The fourth-order valence-electron chi connectivity index (χ4n) is 2.24. The highest BCUT2D eigenvalue weighted by molar-refractivity contribution is 5.30. The fourth-order valence-corrected chi connectivity index (χ4v) is 2.24. The number of alkyl halides is 3. The number of rotatable bonds is 4. The van der Waals surface area contributed by atoms with E-state index in [0.717, 1.165) is 12.1 Å². The zero-order valence-electron chi connectivity index (χ0n) is 10.2. The molecule has 6 heteroatoms. The first-order chi connectivity index (χ1) is 8.86. The quantitative estimate of drug-likeness (QED) is 0.829. The molecule has 2 nitrogen and oxygen atoms in total. The van der Waals surface area contributed by atoms with Crippen molar-refractivity contribution in [3.05, 3.63) is 35.1 Å². The number of benzene rings is 1. The molecule has 2 N–H and O–H groups in total. The van der Waals surface area contributed by atoms with Crippen LogP contribution in [0.4, 0.5) is 17.6 Å². The summed E-state index contributed by atoms with van der Waals surface area (Å²) in [5.74, 6) is -0.581. The highest BCUT2D eigenvalue weighted by atomic mass is 19.4. The van der Waals surface area contributed by atoms with Gasteiger partial charge in [0.05, 0.1) is 11.7 Å². The zero-order valence-corrected chi connectivity index (χ0v) is 10.2. The van der Waals surface area contributed by atoms with E-state index in [0.29, 0.717) is 31.4 Å². The summed E-state index contributed by atoms with van der Waals surface area (Å²) in [6.07, 6.45) is -3.46. The number of aliphatic hydroxyl groups excluding tert-OH is 1. The van der Waals surface area contributed by atoms with E-state index in [-0.39, 0.29) is 18.2 Å². The van der Waals surface area contributed by atoms with Gasteiger partial charge in [0.2, 0.25) is 0 Å². The molecule has 1 aromatic rings. The van der Waals surface area contributed by atoms with Gasteiger partial charge >= 0.3 is 6.18 Å². The molecule has 1 aliphatic carbocycles. The van der Waals surface area contributed by atoms with Crippen LogP contribution in [-0.2, 0) is 12.7 Å². The van der Waals surface area contributed by atoms with Crippen molar-refractivity contribution in [2.24, 2.45) is 5.92 Å². The SMILES string of the molecule is OC1CC(CNCc2ccc(F)cc2C(F)(F)F)C1. The van der Waals surface area contributed by atoms with E-state index in [2.05, 4.69) is 5.32 Å². The molecule has 0 aliphatic heterocycles. The number of halogens is 4. The van der Waals surface area contributed by atoms with Crippen LogP contribution in [0.25, 0.3) is 0 Å². The van der Waals surface area contributed by atoms with Crippen LogP contribution >= 0.6 is 0 Å². The molecule has 0 spiro atoms. The second kappa shape index (κ2) is 5.46. The average Bonchev–Trinajstić information content (AvgIpc) is 2.27. The summed E-state index contributed by atoms with van der Waals surface area (Å²) >= 11 is 0. The van der Waals surface area contributed by atoms with Crippen molar-refractivity contribution < 1.29 is 22.7 Å². The molecule has 1 aromatic carbocycles. The third-order valence-electron chi connectivity index (χ3n) is 3.34. The molecule has 0 bridgehead atoms. The third kappa shape index (κ3) is 3.67. The van der Waals surface area contributed by atoms with E-state index in [4.69, 9.17) is 5.11 Å². The van der Waals surface area contributed by atoms with Crippen molar-refractivity contribution in [3.8, 4) is 0 Å². The summed E-state index contributed by atoms with van der Waals surface area (Å²) in [5.41, 5.74) is -0.901. The lowest BCUT2D eigenvalue weighted by molar-refractivity contribution is -0.138. The Balaban J connectivity index is 1.95. The van der Waals surface area contributed by atoms with Gasteiger partial charge in [-0.05, 0) is 43.0 Å². The Hall–Kier alpha value is -1.14. The maximum atomic E-state index is 12.9. The number of nitrogens with one attached hydrogen (secondary N) is 1. The van der Waals surface area contributed by atoms with E-state index >= 15 is 0 Å². The molecule has 19 heavy (non-hydrogen) atoms. The van der Waals surface area contributed by atoms with Gasteiger partial charge in [-0.25, -0.2) is 4.39 Å². The molecule has 0 aromatic heterocycles. The van der Waals surface area contributed by atoms with Crippen LogP contribution in [0.2, 0.25) is 0 Å². The zero-order chi connectivity index (χ0) is 14.0. The Labute approximate surface area is 108 Å². The highest BCUT2D eigenvalue weighted by Crippen LogP contribution is 2.32. The average molecular weight is 277 g/mol. The summed E-state index contributed by atoms with van der Waals surface area (Å²) < 4.78 is 51.0. The smallest absolute Gasteiger partial charge is 0.393 e. The van der Waals surface area contributed by atoms with Gasteiger partial charge in [0.1, 0.15) is 5.82 Å². The molecule has 2 rings (SSSR count). The second-order valence-corrected chi connectivity index (χ2v) is 4.92. The van der Waals surface area contributed by atoms with Gasteiger partial charge in [0, 0.05) is 6.54 Å². The molecular weight excluding hydrogens is 262 g/mol. The van der Waals surface area contributed by atoms with Gasteiger partial charge in [-0.15, -0.1) is 0 Å². The highest BCUT2D eigenvalue weighted by Gasteiger charge is 2.33. The molecule has 1 saturated carbocycles. The molecule has 0 amide bonds. The fraction of sp³-hybridized carbons (Fsp3) is 0.538. The number of hydrogen-bond donors (Lipinski definition) is 2. The van der Waals surface area contributed by atoms with Gasteiger partial charge in [-0.1, -0.05) is 6.07 Å². The predicted molar refractivity (Wildman–Crippen MR) is 61.8 cm³/mol. The second-order valence-electron chi connectivity index (χ2n) is 4.92. The summed E-state index contributed by atoms with van der Waals surface area (Å²) in [6.45, 7) is 0.605. The first-order valence-electron chi connectivity index (χ1n) is 6.10. The van der Waals surface area contributed by atoms with Crippen LogP contribution < -0.4 is 5.32 Å². The van der Waals surface area contributed by atoms with Gasteiger partial charge in [0.15, 0.2) is 0 Å². The standard InChI is InChI=1S/C13H15F4NO/c14-10-2-1-9(12(5-10)13(15,16)17)7-18-6-8-3-11(19)4-8/h1-2,5,8,11,18-19H,3-4,6-7H2. The summed E-state index contributed by atoms with van der Waals surface area (Å²) in [6, 6.07) is 2.70. The Morgan fingerprint density at radius 1 is 1.26 bits per heavy atom. The van der Waals surface area contributed by atoms with Crippen LogP contribution in [0, 0.1) is 11.7 Å². The molecule has 0 unspecified atom stereocenters. The lowest BCUT2D eigenvalue weighted by atomic mass is 9.82. The summed E-state index contributed by atoms with van der Waals surface area (Å²) in [7, 11) is 0. The maximum absolute atomic E-state index is 12.9. The maximum Gasteiger partial charge on any atom is 0.416 e. The minimum atomic E-state index is -4.55. The van der Waals surface area contributed by atoms with E-state index in [9.17, 15) is 17.6 Å². The molecule has 106 valence electrons. The predicted octanol–water partition coefficient (Wildman–Crippen LogP) is 2.71. The van der Waals surface area contributed by atoms with Crippen LogP contribution in [0.3, 0.4) is 0 Å². The Morgan fingerprint density at radius 3 is 2.53 bits per heavy atom. The van der Waals surface area contributed by atoms with E-state index in [1.165, 1.54) is 0 Å². The third-order valence-corrected chi connectivity index (χ3v) is 3.34. The molecule has 1 aliphatic rings. The minimum absolute atomic E-state index is 0.0359. The number of aliphatic hydroxyl groups is 1. The molecular formula is C13H15F4NO. The lowest BCUT2D eigenvalue weighted by Gasteiger charge is -2.31. The van der Waals surface area contributed by atoms with Crippen molar-refractivity contribution >= 4 is 0 Å². The molecule has 0 atom stereocenters.